The van der Waals surface area contributed by atoms with E-state index in [2.05, 4.69) is 18.3 Å². The van der Waals surface area contributed by atoms with Crippen LogP contribution >= 0.6 is 0 Å². The molecule has 1 aromatic carbocycles. The van der Waals surface area contributed by atoms with Gasteiger partial charge >= 0.3 is 0 Å². The van der Waals surface area contributed by atoms with Gasteiger partial charge in [0.25, 0.3) is 5.91 Å². The molecule has 0 heterocycles. The molecule has 2 nitrogen and oxygen atoms in total. The summed E-state index contributed by atoms with van der Waals surface area (Å²) in [5.41, 5.74) is 3.10. The molecule has 1 N–H and O–H groups in total. The normalized spacial score (nSPS) is 9.77. The van der Waals surface area contributed by atoms with Crippen molar-refractivity contribution in [2.45, 2.75) is 20.3 Å². The van der Waals surface area contributed by atoms with Crippen molar-refractivity contribution in [1.29, 1.82) is 0 Å². The molecule has 0 aliphatic carbocycles. The van der Waals surface area contributed by atoms with Crippen LogP contribution in [0, 0.1) is 6.92 Å². The number of hydrogen-bond donors (Lipinski definition) is 1. The van der Waals surface area contributed by atoms with E-state index >= 15 is 0 Å². The van der Waals surface area contributed by atoms with Gasteiger partial charge in [0.05, 0.1) is 0 Å². The number of nitrogens with one attached hydrogen (secondary N) is 1. The van der Waals surface area contributed by atoms with Crippen molar-refractivity contribution in [2.24, 2.45) is 0 Å². The van der Waals surface area contributed by atoms with Crippen LogP contribution in [0.15, 0.2) is 18.2 Å². The summed E-state index contributed by atoms with van der Waals surface area (Å²) in [7, 11) is 1.65. The van der Waals surface area contributed by atoms with Crippen LogP contribution in [0.5, 0.6) is 0 Å². The smallest absolute Gasteiger partial charge is 0.251 e. The molecular formula is C11H15NO. The maximum absolute atomic E-state index is 11.4. The minimum absolute atomic E-state index is 0.00292. The summed E-state index contributed by atoms with van der Waals surface area (Å²) < 4.78 is 0. The van der Waals surface area contributed by atoms with E-state index in [0.717, 1.165) is 17.5 Å². The van der Waals surface area contributed by atoms with Gasteiger partial charge in [-0.25, -0.2) is 0 Å². The quantitative estimate of drug-likeness (QED) is 0.734. The highest BCUT2D eigenvalue weighted by Gasteiger charge is 2.07. The number of amides is 1. The third kappa shape index (κ3) is 2.08. The topological polar surface area (TPSA) is 29.1 Å². The van der Waals surface area contributed by atoms with Gasteiger partial charge < -0.3 is 5.32 Å². The van der Waals surface area contributed by atoms with Crippen LogP contribution in [-0.4, -0.2) is 13.0 Å². The van der Waals surface area contributed by atoms with E-state index in [1.807, 2.05) is 19.1 Å². The van der Waals surface area contributed by atoms with Crippen molar-refractivity contribution in [2.75, 3.05) is 7.05 Å². The third-order valence-corrected chi connectivity index (χ3v) is 2.11. The van der Waals surface area contributed by atoms with Crippen molar-refractivity contribution >= 4 is 5.91 Å². The van der Waals surface area contributed by atoms with E-state index in [0.29, 0.717) is 0 Å². The number of hydrogen-bond acceptors (Lipinski definition) is 1. The summed E-state index contributed by atoms with van der Waals surface area (Å²) in [6.07, 6.45) is 0.893. The Kier molecular flexibility index (Phi) is 3.07. The zero-order valence-electron chi connectivity index (χ0n) is 8.35. The van der Waals surface area contributed by atoms with E-state index in [4.69, 9.17) is 0 Å². The van der Waals surface area contributed by atoms with Gasteiger partial charge in [-0.2, -0.15) is 0 Å². The Balaban J connectivity index is 3.13. The molecule has 1 rings (SSSR count). The molecule has 0 saturated carbocycles. The molecule has 0 spiro atoms. The SMILES string of the molecule is CCc1cc(C)ccc1C(=O)NC. The third-order valence-electron chi connectivity index (χ3n) is 2.11. The molecule has 70 valence electrons. The second-order valence-electron chi connectivity index (χ2n) is 3.09. The van der Waals surface area contributed by atoms with Gasteiger partial charge in [-0.05, 0) is 25.0 Å². The lowest BCUT2D eigenvalue weighted by Crippen LogP contribution is -2.19. The molecule has 2 heteroatoms. The predicted octanol–water partition coefficient (Wildman–Crippen LogP) is 1.92. The molecule has 0 aliphatic rings. The molecule has 1 aromatic rings. The van der Waals surface area contributed by atoms with Crippen LogP contribution in [0.2, 0.25) is 0 Å². The van der Waals surface area contributed by atoms with Crippen molar-refractivity contribution in [3.8, 4) is 0 Å². The number of benzene rings is 1. The first-order valence-electron chi connectivity index (χ1n) is 4.50. The van der Waals surface area contributed by atoms with Crippen molar-refractivity contribution in [1.82, 2.24) is 5.32 Å². The molecule has 0 bridgehead atoms. The molecule has 13 heavy (non-hydrogen) atoms. The van der Waals surface area contributed by atoms with E-state index in [1.54, 1.807) is 7.05 Å². The summed E-state index contributed by atoms with van der Waals surface area (Å²) >= 11 is 0. The maximum atomic E-state index is 11.4. The Morgan fingerprint density at radius 2 is 2.15 bits per heavy atom. The average molecular weight is 177 g/mol. The summed E-state index contributed by atoms with van der Waals surface area (Å²) in [4.78, 5) is 11.4. The summed E-state index contributed by atoms with van der Waals surface area (Å²) in [5.74, 6) is -0.00292. The van der Waals surface area contributed by atoms with E-state index in [-0.39, 0.29) is 5.91 Å². The highest BCUT2D eigenvalue weighted by Crippen LogP contribution is 2.12. The fourth-order valence-electron chi connectivity index (χ4n) is 1.37. The number of carbonyl (C=O) groups is 1. The second-order valence-corrected chi connectivity index (χ2v) is 3.09. The van der Waals surface area contributed by atoms with Crippen LogP contribution in [0.25, 0.3) is 0 Å². The Morgan fingerprint density at radius 3 is 2.69 bits per heavy atom. The molecule has 0 atom stereocenters. The fourth-order valence-corrected chi connectivity index (χ4v) is 1.37. The molecule has 0 aliphatic heterocycles. The molecular weight excluding hydrogens is 162 g/mol. The lowest BCUT2D eigenvalue weighted by atomic mass is 10.0. The Bertz CT molecular complexity index is 318. The fraction of sp³-hybridized carbons (Fsp3) is 0.364. The first kappa shape index (κ1) is 9.78. The van der Waals surface area contributed by atoms with Gasteiger partial charge in [-0.1, -0.05) is 24.6 Å². The molecule has 0 saturated heterocycles. The highest BCUT2D eigenvalue weighted by molar-refractivity contribution is 5.95. The second kappa shape index (κ2) is 4.08. The molecule has 1 amide bonds. The summed E-state index contributed by atoms with van der Waals surface area (Å²) in [5, 5.41) is 2.64. The van der Waals surface area contributed by atoms with Crippen LogP contribution in [0.3, 0.4) is 0 Å². The number of rotatable bonds is 2. The standard InChI is InChI=1S/C11H15NO/c1-4-9-7-8(2)5-6-10(9)11(13)12-3/h5-7H,4H2,1-3H3,(H,12,13). The minimum atomic E-state index is -0.00292. The van der Waals surface area contributed by atoms with Gasteiger partial charge in [-0.3, -0.25) is 4.79 Å². The molecule has 0 unspecified atom stereocenters. The first-order chi connectivity index (χ1) is 6.19. The van der Waals surface area contributed by atoms with Crippen molar-refractivity contribution in [3.63, 3.8) is 0 Å². The van der Waals surface area contributed by atoms with E-state index in [1.165, 1.54) is 5.56 Å². The molecule has 0 aromatic heterocycles. The maximum Gasteiger partial charge on any atom is 0.251 e. The summed E-state index contributed by atoms with van der Waals surface area (Å²) in [6, 6.07) is 5.90. The average Bonchev–Trinajstić information content (AvgIpc) is 2.16. The van der Waals surface area contributed by atoms with Crippen molar-refractivity contribution < 1.29 is 4.79 Å². The largest absolute Gasteiger partial charge is 0.355 e. The highest BCUT2D eigenvalue weighted by atomic mass is 16.1. The molecule has 0 fully saturated rings. The Labute approximate surface area is 79.0 Å². The van der Waals surface area contributed by atoms with E-state index in [9.17, 15) is 4.79 Å². The van der Waals surface area contributed by atoms with Gasteiger partial charge in [0.1, 0.15) is 0 Å². The lowest BCUT2D eigenvalue weighted by Gasteiger charge is -2.06. The number of carbonyl (C=O) groups excluding carboxylic acids is 1. The number of aryl methyl sites for hydroxylation is 2. The monoisotopic (exact) mass is 177 g/mol. The molecule has 0 radical (unpaired) electrons. The first-order valence-corrected chi connectivity index (χ1v) is 4.50. The van der Waals surface area contributed by atoms with Gasteiger partial charge in [0.2, 0.25) is 0 Å². The zero-order valence-corrected chi connectivity index (χ0v) is 8.35. The van der Waals surface area contributed by atoms with Crippen molar-refractivity contribution in [3.05, 3.63) is 34.9 Å². The van der Waals surface area contributed by atoms with Crippen LogP contribution in [-0.2, 0) is 6.42 Å². The van der Waals surface area contributed by atoms with Gasteiger partial charge in [-0.15, -0.1) is 0 Å². The van der Waals surface area contributed by atoms with Crippen LogP contribution in [0.1, 0.15) is 28.4 Å². The Hall–Kier alpha value is -1.31. The zero-order chi connectivity index (χ0) is 9.84. The van der Waals surface area contributed by atoms with Crippen LogP contribution in [0.4, 0.5) is 0 Å². The Morgan fingerprint density at radius 1 is 1.46 bits per heavy atom. The van der Waals surface area contributed by atoms with Gasteiger partial charge in [0, 0.05) is 12.6 Å². The summed E-state index contributed by atoms with van der Waals surface area (Å²) in [6.45, 7) is 4.09. The van der Waals surface area contributed by atoms with Gasteiger partial charge in [0.15, 0.2) is 0 Å². The predicted molar refractivity (Wildman–Crippen MR) is 53.9 cm³/mol. The minimum Gasteiger partial charge on any atom is -0.355 e. The lowest BCUT2D eigenvalue weighted by molar-refractivity contribution is 0.0962. The van der Waals surface area contributed by atoms with Crippen LogP contribution < -0.4 is 5.32 Å². The van der Waals surface area contributed by atoms with E-state index < -0.39 is 0 Å².